The Bertz CT molecular complexity index is 1680. The van der Waals surface area contributed by atoms with E-state index in [-0.39, 0.29) is 16.4 Å². The zero-order valence-corrected chi connectivity index (χ0v) is 34.1. The van der Waals surface area contributed by atoms with E-state index in [9.17, 15) is 13.5 Å². The molecule has 6 rings (SSSR count). The zero-order chi connectivity index (χ0) is 37.8. The molecule has 10 heteroatoms. The van der Waals surface area contributed by atoms with E-state index in [2.05, 4.69) is 44.5 Å². The molecule has 1 aromatic heterocycles. The second kappa shape index (κ2) is 20.4. The number of aliphatic hydroxyl groups excluding tert-OH is 1. The third kappa shape index (κ3) is 10.8. The zero-order valence-electron chi connectivity index (χ0n) is 33.3. The molecule has 3 aliphatic heterocycles. The van der Waals surface area contributed by atoms with Gasteiger partial charge in [0.1, 0.15) is 10.6 Å². The number of benzene rings is 2. The van der Waals surface area contributed by atoms with Gasteiger partial charge in [0.05, 0.1) is 29.3 Å². The van der Waals surface area contributed by atoms with E-state index < -0.39 is 9.84 Å². The highest BCUT2D eigenvalue weighted by molar-refractivity contribution is 7.91. The summed E-state index contributed by atoms with van der Waals surface area (Å²) in [5.74, 6) is 0.712. The third-order valence-corrected chi connectivity index (χ3v) is 14.1. The molecule has 0 aliphatic carbocycles. The Morgan fingerprint density at radius 1 is 0.741 bits per heavy atom. The smallest absolute Gasteiger partial charge is 0.210 e. The number of β-amino-alcohol motifs (C(OH)–C–C–N with tert-alkyl or cyclic N) is 1. The number of rotatable bonds is 19. The highest BCUT2D eigenvalue weighted by Gasteiger charge is 2.34. The number of hydrogen-bond acceptors (Lipinski definition) is 9. The number of ether oxygens (including phenoxy) is 1. The normalized spacial score (nSPS) is 18.8. The Hall–Kier alpha value is -2.76. The molecule has 9 nitrogen and oxygen atoms in total. The highest BCUT2D eigenvalue weighted by Crippen LogP contribution is 2.38. The van der Waals surface area contributed by atoms with E-state index in [0.717, 1.165) is 100 Å². The molecule has 1 N–H and O–H groups in total. The SMILES string of the molecule is CCCCCCCCCCCCOc1ccc(S(=O)(=O)c2cnc3ccc(C)cc3c2N2CCC(N3CCC(N4CCN(CCO)CC4)CC3)CC2)cc1. The average molecular weight is 762 g/mol. The summed E-state index contributed by atoms with van der Waals surface area (Å²) in [6, 6.07) is 14.3. The number of sulfone groups is 1. The van der Waals surface area contributed by atoms with Crippen LogP contribution in [0.2, 0.25) is 0 Å². The molecule has 0 spiro atoms. The lowest BCUT2D eigenvalue weighted by atomic mass is 9.96. The molecule has 298 valence electrons. The lowest BCUT2D eigenvalue weighted by Gasteiger charge is -2.46. The number of anilines is 1. The molecule has 3 aliphatic rings. The van der Waals surface area contributed by atoms with Crippen LogP contribution in [0.4, 0.5) is 5.69 Å². The molecule has 2 aromatic carbocycles. The predicted octanol–water partition coefficient (Wildman–Crippen LogP) is 7.72. The van der Waals surface area contributed by atoms with Gasteiger partial charge in [-0.25, -0.2) is 8.42 Å². The van der Waals surface area contributed by atoms with Gasteiger partial charge in [-0.3, -0.25) is 14.8 Å². The van der Waals surface area contributed by atoms with Gasteiger partial charge in [0, 0.05) is 69.5 Å². The number of likely N-dealkylation sites (tertiary alicyclic amines) is 1. The maximum atomic E-state index is 14.4. The van der Waals surface area contributed by atoms with E-state index in [0.29, 0.717) is 24.4 Å². The molecule has 54 heavy (non-hydrogen) atoms. The molecule has 3 saturated heterocycles. The molecule has 0 saturated carbocycles. The van der Waals surface area contributed by atoms with Crippen LogP contribution in [-0.2, 0) is 9.84 Å². The number of unbranched alkanes of at least 4 members (excludes halogenated alkanes) is 9. The number of hydrogen-bond donors (Lipinski definition) is 1. The standard InChI is InChI=1S/C44H67N5O4S/c1-3-4-5-6-7-8-9-10-11-12-33-53-39-14-16-40(17-15-39)54(51,52)43-35-45-42-18-13-36(2)34-41(42)44(43)49-25-21-37(22-26-49)47-23-19-38(20-24-47)48-29-27-46(28-30-48)31-32-50/h13-18,34-35,37-38,50H,3-12,19-33H2,1-2H3. The summed E-state index contributed by atoms with van der Waals surface area (Å²) < 4.78 is 34.8. The summed E-state index contributed by atoms with van der Waals surface area (Å²) in [5.41, 5.74) is 2.71. The topological polar surface area (TPSA) is 89.5 Å². The second-order valence-corrected chi connectivity index (χ2v) is 18.0. The van der Waals surface area contributed by atoms with Crippen LogP contribution in [-0.4, -0.2) is 117 Å². The first-order valence-corrected chi connectivity index (χ1v) is 22.8. The fourth-order valence-electron chi connectivity index (χ4n) is 8.98. The van der Waals surface area contributed by atoms with Gasteiger partial charge in [-0.05, 0) is 88.5 Å². The summed E-state index contributed by atoms with van der Waals surface area (Å²) in [6.07, 6.45) is 18.8. The molecule has 0 bridgehead atoms. The van der Waals surface area contributed by atoms with Gasteiger partial charge >= 0.3 is 0 Å². The highest BCUT2D eigenvalue weighted by atomic mass is 32.2. The molecule has 0 unspecified atom stereocenters. The maximum Gasteiger partial charge on any atom is 0.210 e. The van der Waals surface area contributed by atoms with Crippen LogP contribution >= 0.6 is 0 Å². The number of fused-ring (bicyclic) bond motifs is 1. The van der Waals surface area contributed by atoms with Gasteiger partial charge in [-0.2, -0.15) is 0 Å². The fraction of sp³-hybridized carbons (Fsp3) is 0.659. The number of aryl methyl sites for hydroxylation is 1. The Kier molecular flexibility index (Phi) is 15.5. The number of aromatic nitrogens is 1. The fourth-order valence-corrected chi connectivity index (χ4v) is 10.4. The molecule has 3 fully saturated rings. The summed E-state index contributed by atoms with van der Waals surface area (Å²) in [5, 5.41) is 10.2. The number of piperidine rings is 2. The van der Waals surface area contributed by atoms with E-state index in [1.165, 1.54) is 70.6 Å². The van der Waals surface area contributed by atoms with Gasteiger partial charge in [-0.1, -0.05) is 76.3 Å². The van der Waals surface area contributed by atoms with Crippen molar-refractivity contribution in [1.82, 2.24) is 19.7 Å². The van der Waals surface area contributed by atoms with Gasteiger partial charge in [-0.15, -0.1) is 0 Å². The lowest BCUT2D eigenvalue weighted by molar-refractivity contribution is 0.0396. The quantitative estimate of drug-likeness (QED) is 0.123. The summed E-state index contributed by atoms with van der Waals surface area (Å²) in [7, 11) is -3.83. The number of piperazine rings is 1. The van der Waals surface area contributed by atoms with Crippen molar-refractivity contribution in [3.63, 3.8) is 0 Å². The van der Waals surface area contributed by atoms with E-state index >= 15 is 0 Å². The summed E-state index contributed by atoms with van der Waals surface area (Å²) >= 11 is 0. The van der Waals surface area contributed by atoms with Gasteiger partial charge in [0.25, 0.3) is 0 Å². The van der Waals surface area contributed by atoms with Crippen LogP contribution in [0.1, 0.15) is 102 Å². The molecule has 4 heterocycles. The van der Waals surface area contributed by atoms with Crippen molar-refractivity contribution < 1.29 is 18.3 Å². The van der Waals surface area contributed by atoms with E-state index in [1.807, 2.05) is 12.1 Å². The molecule has 3 aromatic rings. The van der Waals surface area contributed by atoms with Crippen molar-refractivity contribution in [1.29, 1.82) is 0 Å². The van der Waals surface area contributed by atoms with E-state index in [1.54, 1.807) is 30.5 Å². The third-order valence-electron chi connectivity index (χ3n) is 12.3. The van der Waals surface area contributed by atoms with Crippen LogP contribution in [0.5, 0.6) is 5.75 Å². The van der Waals surface area contributed by atoms with Gasteiger partial charge < -0.3 is 19.6 Å². The average Bonchev–Trinajstić information content (AvgIpc) is 3.20. The molecular weight excluding hydrogens is 695 g/mol. The monoisotopic (exact) mass is 761 g/mol. The second-order valence-electron chi connectivity index (χ2n) is 16.1. The Labute approximate surface area is 326 Å². The first-order valence-electron chi connectivity index (χ1n) is 21.3. The van der Waals surface area contributed by atoms with Crippen LogP contribution in [0.3, 0.4) is 0 Å². The van der Waals surface area contributed by atoms with Gasteiger partial charge in [0.15, 0.2) is 0 Å². The predicted molar refractivity (Wildman–Crippen MR) is 221 cm³/mol. The van der Waals surface area contributed by atoms with Crippen LogP contribution < -0.4 is 9.64 Å². The van der Waals surface area contributed by atoms with Gasteiger partial charge in [0.2, 0.25) is 9.84 Å². The van der Waals surface area contributed by atoms with Crippen LogP contribution in [0.25, 0.3) is 10.9 Å². The largest absolute Gasteiger partial charge is 0.494 e. The molecular formula is C44H67N5O4S. The Morgan fingerprint density at radius 3 is 1.96 bits per heavy atom. The Balaban J connectivity index is 1.04. The summed E-state index contributed by atoms with van der Waals surface area (Å²) in [6.45, 7) is 14.2. The van der Waals surface area contributed by atoms with Crippen molar-refractivity contribution in [2.45, 2.75) is 126 Å². The van der Waals surface area contributed by atoms with Crippen molar-refractivity contribution in [2.24, 2.45) is 0 Å². The van der Waals surface area contributed by atoms with Crippen molar-refractivity contribution >= 4 is 26.4 Å². The molecule has 0 amide bonds. The number of nitrogens with zero attached hydrogens (tertiary/aromatic N) is 5. The number of pyridine rings is 1. The van der Waals surface area contributed by atoms with Crippen molar-refractivity contribution in [3.05, 3.63) is 54.2 Å². The van der Waals surface area contributed by atoms with Crippen molar-refractivity contribution in [2.75, 3.05) is 77.0 Å². The minimum atomic E-state index is -3.83. The van der Waals surface area contributed by atoms with Crippen LogP contribution in [0, 0.1) is 6.92 Å². The molecule has 0 radical (unpaired) electrons. The minimum absolute atomic E-state index is 0.245. The maximum absolute atomic E-state index is 14.4. The minimum Gasteiger partial charge on any atom is -0.494 e. The summed E-state index contributed by atoms with van der Waals surface area (Å²) in [4.78, 5) is 15.3. The lowest BCUT2D eigenvalue weighted by Crippen LogP contribution is -2.55. The first-order chi connectivity index (χ1) is 26.4. The Morgan fingerprint density at radius 2 is 1.33 bits per heavy atom. The first kappa shape index (κ1) is 40.9. The molecule has 0 atom stereocenters. The number of aliphatic hydroxyl groups is 1. The van der Waals surface area contributed by atoms with Crippen molar-refractivity contribution in [3.8, 4) is 5.75 Å². The van der Waals surface area contributed by atoms with Crippen LogP contribution in [0.15, 0.2) is 58.5 Å². The van der Waals surface area contributed by atoms with E-state index in [4.69, 9.17) is 4.74 Å².